The number of hydrogen-bond acceptors (Lipinski definition) is 1. The molecule has 1 aliphatic carbocycles. The Morgan fingerprint density at radius 2 is 2.42 bits per heavy atom. The highest BCUT2D eigenvalue weighted by Gasteiger charge is 2.15. The Kier molecular flexibility index (Phi) is 1.82. The third kappa shape index (κ3) is 1.20. The van der Waals surface area contributed by atoms with Crippen LogP contribution in [0.25, 0.3) is 0 Å². The first-order chi connectivity index (χ1) is 5.88. The van der Waals surface area contributed by atoms with Gasteiger partial charge in [-0.2, -0.15) is 0 Å². The lowest BCUT2D eigenvalue weighted by Gasteiger charge is -1.96. The Labute approximate surface area is 71.3 Å². The van der Waals surface area contributed by atoms with E-state index < -0.39 is 0 Å². The van der Waals surface area contributed by atoms with E-state index in [9.17, 15) is 4.79 Å². The first kappa shape index (κ1) is 7.35. The van der Waals surface area contributed by atoms with Gasteiger partial charge in [0.2, 0.25) is 5.78 Å². The summed E-state index contributed by atoms with van der Waals surface area (Å²) in [5.74, 6) is 0.164. The maximum atomic E-state index is 11.6. The molecule has 1 heterocycles. The van der Waals surface area contributed by atoms with Crippen molar-refractivity contribution in [3.8, 4) is 0 Å². The predicted molar refractivity (Wildman–Crippen MR) is 47.1 cm³/mol. The molecule has 0 saturated heterocycles. The highest BCUT2D eigenvalue weighted by atomic mass is 16.1. The Hall–Kier alpha value is -1.31. The number of hydrogen-bond donors (Lipinski definition) is 1. The van der Waals surface area contributed by atoms with E-state index in [2.05, 4.69) is 4.98 Å². The van der Waals surface area contributed by atoms with Crippen molar-refractivity contribution in [3.05, 3.63) is 35.7 Å². The molecule has 0 saturated carbocycles. The Morgan fingerprint density at radius 3 is 3.00 bits per heavy atom. The van der Waals surface area contributed by atoms with Crippen molar-refractivity contribution < 1.29 is 4.79 Å². The summed E-state index contributed by atoms with van der Waals surface area (Å²) in [5, 5.41) is 0. The minimum absolute atomic E-state index is 0.164. The van der Waals surface area contributed by atoms with Crippen molar-refractivity contribution in [1.29, 1.82) is 0 Å². The topological polar surface area (TPSA) is 32.9 Å². The van der Waals surface area contributed by atoms with E-state index in [1.807, 2.05) is 18.2 Å². The van der Waals surface area contributed by atoms with Gasteiger partial charge in [-0.1, -0.05) is 6.08 Å². The number of aromatic nitrogens is 1. The predicted octanol–water partition coefficient (Wildman–Crippen LogP) is 2.31. The average Bonchev–Trinajstić information content (AvgIpc) is 2.77. The lowest BCUT2D eigenvalue weighted by molar-refractivity contribution is 0.102. The van der Waals surface area contributed by atoms with Crippen LogP contribution in [0.1, 0.15) is 29.8 Å². The van der Waals surface area contributed by atoms with Crippen molar-refractivity contribution in [3.63, 3.8) is 0 Å². The number of rotatable bonds is 2. The van der Waals surface area contributed by atoms with Crippen LogP contribution in [0, 0.1) is 0 Å². The molecule has 2 nitrogen and oxygen atoms in total. The Bertz CT molecular complexity index is 309. The summed E-state index contributed by atoms with van der Waals surface area (Å²) in [6, 6.07) is 3.67. The number of ketones is 1. The van der Waals surface area contributed by atoms with Gasteiger partial charge in [-0.05, 0) is 37.0 Å². The number of carbonyl (C=O) groups is 1. The van der Waals surface area contributed by atoms with Crippen LogP contribution in [0.15, 0.2) is 30.0 Å². The SMILES string of the molecule is O=C(C1=CCCC1)c1ccc[nH]1. The number of nitrogens with one attached hydrogen (secondary N) is 1. The van der Waals surface area contributed by atoms with Crippen LogP contribution in [-0.2, 0) is 0 Å². The molecule has 0 atom stereocenters. The van der Waals surface area contributed by atoms with Crippen molar-refractivity contribution >= 4 is 5.78 Å². The third-order valence-electron chi connectivity index (χ3n) is 2.18. The highest BCUT2D eigenvalue weighted by molar-refractivity contribution is 6.07. The van der Waals surface area contributed by atoms with Gasteiger partial charge in [-0.3, -0.25) is 4.79 Å². The van der Waals surface area contributed by atoms with Crippen molar-refractivity contribution in [2.75, 3.05) is 0 Å². The van der Waals surface area contributed by atoms with Gasteiger partial charge >= 0.3 is 0 Å². The first-order valence-electron chi connectivity index (χ1n) is 4.25. The van der Waals surface area contributed by atoms with Crippen LogP contribution in [-0.4, -0.2) is 10.8 Å². The van der Waals surface area contributed by atoms with E-state index in [1.165, 1.54) is 0 Å². The van der Waals surface area contributed by atoms with E-state index in [0.29, 0.717) is 5.69 Å². The van der Waals surface area contributed by atoms with Crippen molar-refractivity contribution in [1.82, 2.24) is 4.98 Å². The van der Waals surface area contributed by atoms with Gasteiger partial charge in [0.25, 0.3) is 0 Å². The summed E-state index contributed by atoms with van der Waals surface area (Å²) in [5.41, 5.74) is 1.68. The minimum atomic E-state index is 0.164. The molecule has 0 bridgehead atoms. The lowest BCUT2D eigenvalue weighted by atomic mass is 10.1. The van der Waals surface area contributed by atoms with Gasteiger partial charge < -0.3 is 4.98 Å². The third-order valence-corrected chi connectivity index (χ3v) is 2.18. The Balaban J connectivity index is 2.20. The lowest BCUT2D eigenvalue weighted by Crippen LogP contribution is -2.01. The maximum absolute atomic E-state index is 11.6. The molecule has 2 heteroatoms. The molecule has 0 amide bonds. The Morgan fingerprint density at radius 1 is 1.50 bits per heavy atom. The minimum Gasteiger partial charge on any atom is -0.359 e. The summed E-state index contributed by atoms with van der Waals surface area (Å²) in [6.45, 7) is 0. The number of allylic oxidation sites excluding steroid dienone is 2. The van der Waals surface area contributed by atoms with Crippen LogP contribution >= 0.6 is 0 Å². The number of aromatic amines is 1. The fourth-order valence-electron chi connectivity index (χ4n) is 1.52. The molecule has 12 heavy (non-hydrogen) atoms. The fourth-order valence-corrected chi connectivity index (χ4v) is 1.52. The molecule has 2 rings (SSSR count). The van der Waals surface area contributed by atoms with Gasteiger partial charge in [0.1, 0.15) is 0 Å². The van der Waals surface area contributed by atoms with Crippen LogP contribution in [0.5, 0.6) is 0 Å². The molecule has 0 radical (unpaired) electrons. The summed E-state index contributed by atoms with van der Waals surface area (Å²) < 4.78 is 0. The van der Waals surface area contributed by atoms with Gasteiger partial charge in [-0.15, -0.1) is 0 Å². The summed E-state index contributed by atoms with van der Waals surface area (Å²) in [7, 11) is 0. The molecule has 1 aromatic rings. The molecule has 1 aromatic heterocycles. The second-order valence-electron chi connectivity index (χ2n) is 3.03. The van der Waals surface area contributed by atoms with Crippen molar-refractivity contribution in [2.45, 2.75) is 19.3 Å². The zero-order valence-electron chi connectivity index (χ0n) is 6.84. The summed E-state index contributed by atoms with van der Waals surface area (Å²) in [4.78, 5) is 14.5. The molecule has 1 aliphatic rings. The second-order valence-corrected chi connectivity index (χ2v) is 3.03. The number of carbonyl (C=O) groups excluding carboxylic acids is 1. The summed E-state index contributed by atoms with van der Waals surface area (Å²) in [6.07, 6.45) is 6.95. The van der Waals surface area contributed by atoms with Crippen LogP contribution in [0.4, 0.5) is 0 Å². The molecule has 0 unspecified atom stereocenters. The molecular formula is C10H11NO. The van der Waals surface area contributed by atoms with E-state index in [0.717, 1.165) is 24.8 Å². The molecule has 0 spiro atoms. The number of H-pyrrole nitrogens is 1. The molecular weight excluding hydrogens is 150 g/mol. The first-order valence-corrected chi connectivity index (χ1v) is 4.25. The average molecular weight is 161 g/mol. The standard InChI is InChI=1S/C10H11NO/c12-10(8-4-1-2-5-8)9-6-3-7-11-9/h3-4,6-7,11H,1-2,5H2. The van der Waals surface area contributed by atoms with Gasteiger partial charge in [0.15, 0.2) is 0 Å². The van der Waals surface area contributed by atoms with E-state index >= 15 is 0 Å². The quantitative estimate of drug-likeness (QED) is 0.663. The van der Waals surface area contributed by atoms with Crippen LogP contribution in [0.2, 0.25) is 0 Å². The molecule has 0 aliphatic heterocycles. The van der Waals surface area contributed by atoms with E-state index in [1.54, 1.807) is 6.20 Å². The largest absolute Gasteiger partial charge is 0.359 e. The van der Waals surface area contributed by atoms with Gasteiger partial charge in [0.05, 0.1) is 5.69 Å². The smallest absolute Gasteiger partial charge is 0.204 e. The van der Waals surface area contributed by atoms with E-state index in [4.69, 9.17) is 0 Å². The summed E-state index contributed by atoms with van der Waals surface area (Å²) >= 11 is 0. The maximum Gasteiger partial charge on any atom is 0.204 e. The molecule has 1 N–H and O–H groups in total. The van der Waals surface area contributed by atoms with Gasteiger partial charge in [-0.25, -0.2) is 0 Å². The molecule has 0 aromatic carbocycles. The monoisotopic (exact) mass is 161 g/mol. The molecule has 62 valence electrons. The van der Waals surface area contributed by atoms with E-state index in [-0.39, 0.29) is 5.78 Å². The zero-order valence-corrected chi connectivity index (χ0v) is 6.84. The molecule has 0 fully saturated rings. The second kappa shape index (κ2) is 2.97. The van der Waals surface area contributed by atoms with Crippen molar-refractivity contribution in [2.24, 2.45) is 0 Å². The van der Waals surface area contributed by atoms with Gasteiger partial charge in [0, 0.05) is 6.20 Å². The van der Waals surface area contributed by atoms with Crippen LogP contribution in [0.3, 0.4) is 0 Å². The number of Topliss-reactive ketones (excluding diaryl/α,β-unsaturated/α-hetero) is 1. The fraction of sp³-hybridized carbons (Fsp3) is 0.300. The van der Waals surface area contributed by atoms with Crippen LogP contribution < -0.4 is 0 Å². The highest BCUT2D eigenvalue weighted by Crippen LogP contribution is 2.20. The normalized spacial score (nSPS) is 16.2. The zero-order chi connectivity index (χ0) is 8.39.